The van der Waals surface area contributed by atoms with Crippen molar-refractivity contribution < 1.29 is 9.53 Å². The summed E-state index contributed by atoms with van der Waals surface area (Å²) in [5.41, 5.74) is 7.55. The predicted molar refractivity (Wildman–Crippen MR) is 131 cm³/mol. The van der Waals surface area contributed by atoms with Crippen LogP contribution in [0.1, 0.15) is 15.9 Å². The van der Waals surface area contributed by atoms with Crippen LogP contribution in [0.5, 0.6) is 11.6 Å². The Morgan fingerprint density at radius 1 is 1.06 bits per heavy atom. The molecule has 174 valence electrons. The molecule has 2 aromatic carbocycles. The number of pyridine rings is 1. The second kappa shape index (κ2) is 9.27. The maximum atomic E-state index is 12.5. The SMILES string of the molecule is NC(=O)c1ccc(Oc2ccc(Nc3nc(=O)c4[nH]cnc4n3Cc3ccc(Cl)cc3)cc2)nc1. The average Bonchev–Trinajstić information content (AvgIpc) is 3.35. The van der Waals surface area contributed by atoms with Gasteiger partial charge >= 0.3 is 5.56 Å². The van der Waals surface area contributed by atoms with Gasteiger partial charge in [-0.25, -0.2) is 9.97 Å². The molecule has 0 aliphatic rings. The number of hydrogen-bond donors (Lipinski definition) is 3. The van der Waals surface area contributed by atoms with Crippen molar-refractivity contribution in [3.63, 3.8) is 0 Å². The highest BCUT2D eigenvalue weighted by Gasteiger charge is 2.14. The van der Waals surface area contributed by atoms with E-state index in [9.17, 15) is 9.59 Å². The van der Waals surface area contributed by atoms with Crippen LogP contribution in [0.4, 0.5) is 11.6 Å². The fraction of sp³-hybridized carbons (Fsp3) is 0.0417. The minimum atomic E-state index is -0.560. The molecule has 0 spiro atoms. The number of carbonyl (C=O) groups excluding carboxylic acids is 1. The number of amides is 1. The van der Waals surface area contributed by atoms with Crippen LogP contribution in [0, 0.1) is 0 Å². The van der Waals surface area contributed by atoms with E-state index in [0.29, 0.717) is 51.6 Å². The number of rotatable bonds is 7. The Bertz CT molecular complexity index is 1560. The molecule has 0 bridgehead atoms. The van der Waals surface area contributed by atoms with Crippen LogP contribution in [0.2, 0.25) is 5.02 Å². The monoisotopic (exact) mass is 487 g/mol. The first-order valence-electron chi connectivity index (χ1n) is 10.5. The van der Waals surface area contributed by atoms with Crippen LogP contribution >= 0.6 is 11.6 Å². The zero-order valence-electron chi connectivity index (χ0n) is 18.1. The van der Waals surface area contributed by atoms with Crippen molar-refractivity contribution in [2.45, 2.75) is 6.54 Å². The molecule has 0 unspecified atom stereocenters. The summed E-state index contributed by atoms with van der Waals surface area (Å²) in [4.78, 5) is 39.1. The lowest BCUT2D eigenvalue weighted by atomic mass is 10.2. The van der Waals surface area contributed by atoms with E-state index in [1.54, 1.807) is 42.5 Å². The normalized spacial score (nSPS) is 10.9. The van der Waals surface area contributed by atoms with Gasteiger partial charge in [0.25, 0.3) is 0 Å². The summed E-state index contributed by atoms with van der Waals surface area (Å²) in [6.07, 6.45) is 2.82. The third kappa shape index (κ3) is 4.82. The number of carbonyl (C=O) groups is 1. The zero-order chi connectivity index (χ0) is 24.4. The molecule has 0 fully saturated rings. The molecule has 0 aliphatic carbocycles. The highest BCUT2D eigenvalue weighted by Crippen LogP contribution is 2.24. The maximum absolute atomic E-state index is 12.5. The minimum Gasteiger partial charge on any atom is -0.439 e. The number of ether oxygens (including phenoxy) is 1. The molecule has 5 rings (SSSR count). The van der Waals surface area contributed by atoms with Gasteiger partial charge < -0.3 is 20.8 Å². The summed E-state index contributed by atoms with van der Waals surface area (Å²) in [7, 11) is 0. The second-order valence-electron chi connectivity index (χ2n) is 7.56. The van der Waals surface area contributed by atoms with Crippen molar-refractivity contribution in [1.29, 1.82) is 0 Å². The van der Waals surface area contributed by atoms with Crippen molar-refractivity contribution in [2.75, 3.05) is 5.32 Å². The molecule has 5 aromatic rings. The van der Waals surface area contributed by atoms with Crippen molar-refractivity contribution in [2.24, 2.45) is 5.73 Å². The van der Waals surface area contributed by atoms with Crippen molar-refractivity contribution in [3.05, 3.63) is 99.7 Å². The van der Waals surface area contributed by atoms with Gasteiger partial charge in [-0.2, -0.15) is 4.98 Å². The summed E-state index contributed by atoms with van der Waals surface area (Å²) in [6.45, 7) is 0.419. The lowest BCUT2D eigenvalue weighted by molar-refractivity contribution is 0.1000. The molecule has 0 radical (unpaired) electrons. The quantitative estimate of drug-likeness (QED) is 0.316. The van der Waals surface area contributed by atoms with Crippen molar-refractivity contribution >= 4 is 40.3 Å². The third-order valence-corrected chi connectivity index (χ3v) is 5.41. The van der Waals surface area contributed by atoms with E-state index in [-0.39, 0.29) is 0 Å². The van der Waals surface area contributed by atoms with Crippen LogP contribution in [0.15, 0.2) is 78.0 Å². The molecule has 35 heavy (non-hydrogen) atoms. The van der Waals surface area contributed by atoms with Gasteiger partial charge in [-0.15, -0.1) is 0 Å². The van der Waals surface area contributed by atoms with Crippen LogP contribution in [0.25, 0.3) is 11.2 Å². The van der Waals surface area contributed by atoms with Crippen molar-refractivity contribution in [1.82, 2.24) is 24.5 Å². The number of imidazole rings is 1. The Morgan fingerprint density at radius 2 is 1.83 bits per heavy atom. The lowest BCUT2D eigenvalue weighted by Gasteiger charge is -2.15. The molecule has 0 aliphatic heterocycles. The number of nitrogens with zero attached hydrogens (tertiary/aromatic N) is 4. The maximum Gasteiger partial charge on any atom is 0.300 e. The molecule has 3 aromatic heterocycles. The van der Waals surface area contributed by atoms with Crippen LogP contribution < -0.4 is 21.3 Å². The smallest absolute Gasteiger partial charge is 0.300 e. The molecule has 3 heterocycles. The Kier molecular flexibility index (Phi) is 5.86. The lowest BCUT2D eigenvalue weighted by Crippen LogP contribution is -2.18. The predicted octanol–water partition coefficient (Wildman–Crippen LogP) is 3.85. The highest BCUT2D eigenvalue weighted by atomic mass is 35.5. The zero-order valence-corrected chi connectivity index (χ0v) is 18.9. The van der Waals surface area contributed by atoms with E-state index >= 15 is 0 Å². The number of primary amides is 1. The van der Waals surface area contributed by atoms with Gasteiger partial charge in [0.05, 0.1) is 18.4 Å². The van der Waals surface area contributed by atoms with Crippen LogP contribution in [-0.4, -0.2) is 30.4 Å². The summed E-state index contributed by atoms with van der Waals surface area (Å²) >= 11 is 6.01. The number of halogens is 1. The van der Waals surface area contributed by atoms with Gasteiger partial charge in [0.15, 0.2) is 11.2 Å². The summed E-state index contributed by atoms with van der Waals surface area (Å²) < 4.78 is 7.52. The standard InChI is InChI=1S/C24H18ClN7O3/c25-16-4-1-14(2-5-16)12-32-22-20(28-13-29-22)23(34)31-24(32)30-17-6-8-18(9-7-17)35-19-10-3-15(11-27-19)21(26)33/h1-11,13H,12H2,(H2,26,33)(H,28,29)(H,30,31,34). The van der Waals surface area contributed by atoms with Crippen LogP contribution in [-0.2, 0) is 6.54 Å². The fourth-order valence-electron chi connectivity index (χ4n) is 3.42. The Labute approximate surface area is 203 Å². The van der Waals surface area contributed by atoms with E-state index in [4.69, 9.17) is 22.1 Å². The number of fused-ring (bicyclic) bond motifs is 1. The number of nitrogens with two attached hydrogens (primary N) is 1. The van der Waals surface area contributed by atoms with E-state index in [1.165, 1.54) is 18.6 Å². The Morgan fingerprint density at radius 3 is 2.51 bits per heavy atom. The number of H-pyrrole nitrogens is 1. The van der Waals surface area contributed by atoms with Gasteiger partial charge in [-0.05, 0) is 48.0 Å². The molecule has 4 N–H and O–H groups in total. The van der Waals surface area contributed by atoms with E-state index in [0.717, 1.165) is 5.56 Å². The van der Waals surface area contributed by atoms with Crippen LogP contribution in [0.3, 0.4) is 0 Å². The largest absolute Gasteiger partial charge is 0.439 e. The molecular formula is C24H18ClN7O3. The number of hydrogen-bond acceptors (Lipinski definition) is 7. The van der Waals surface area contributed by atoms with Gasteiger partial charge in [0, 0.05) is 23.0 Å². The highest BCUT2D eigenvalue weighted by molar-refractivity contribution is 6.30. The van der Waals surface area contributed by atoms with E-state index in [2.05, 4.69) is 25.3 Å². The summed E-state index contributed by atoms with van der Waals surface area (Å²) in [5.74, 6) is 0.625. The molecule has 11 heteroatoms. The minimum absolute atomic E-state index is 0.294. The summed E-state index contributed by atoms with van der Waals surface area (Å²) in [5, 5.41) is 3.82. The molecule has 0 saturated carbocycles. The molecule has 10 nitrogen and oxygen atoms in total. The second-order valence-corrected chi connectivity index (χ2v) is 7.99. The molecule has 0 saturated heterocycles. The molecule has 1 amide bonds. The Hall–Kier alpha value is -4.70. The topological polar surface area (TPSA) is 141 Å². The third-order valence-electron chi connectivity index (χ3n) is 5.16. The number of aromatic amines is 1. The van der Waals surface area contributed by atoms with Gasteiger partial charge in [0.2, 0.25) is 17.7 Å². The average molecular weight is 488 g/mol. The van der Waals surface area contributed by atoms with E-state index < -0.39 is 11.5 Å². The van der Waals surface area contributed by atoms with Gasteiger partial charge in [0.1, 0.15) is 5.75 Å². The Balaban J connectivity index is 1.40. The fourth-order valence-corrected chi connectivity index (χ4v) is 3.55. The molecular weight excluding hydrogens is 470 g/mol. The summed E-state index contributed by atoms with van der Waals surface area (Å²) in [6, 6.07) is 17.5. The first kappa shape index (κ1) is 22.1. The number of nitrogens with one attached hydrogen (secondary N) is 2. The first-order valence-corrected chi connectivity index (χ1v) is 10.8. The molecule has 0 atom stereocenters. The van der Waals surface area contributed by atoms with E-state index in [1.807, 2.05) is 16.7 Å². The number of aromatic nitrogens is 5. The van der Waals surface area contributed by atoms with Gasteiger partial charge in [-0.1, -0.05) is 23.7 Å². The number of benzene rings is 2. The number of anilines is 2. The van der Waals surface area contributed by atoms with Crippen molar-refractivity contribution in [3.8, 4) is 11.6 Å². The first-order chi connectivity index (χ1) is 17.0. The van der Waals surface area contributed by atoms with Gasteiger partial charge in [-0.3, -0.25) is 14.2 Å².